The maximum Gasteiger partial charge on any atom is 0.328 e. The number of aliphatic hydroxyl groups is 1. The van der Waals surface area contributed by atoms with Crippen molar-refractivity contribution in [2.45, 2.75) is 56.8 Å². The van der Waals surface area contributed by atoms with Crippen molar-refractivity contribution in [3.8, 4) is 0 Å². The molecule has 1 aliphatic heterocycles. The molecule has 4 unspecified atom stereocenters. The van der Waals surface area contributed by atoms with E-state index in [1.54, 1.807) is 0 Å². The van der Waals surface area contributed by atoms with Crippen LogP contribution in [0.3, 0.4) is 0 Å². The largest absolute Gasteiger partial charge is 0.480 e. The minimum atomic E-state index is -1.49. The summed E-state index contributed by atoms with van der Waals surface area (Å²) >= 11 is 0. The van der Waals surface area contributed by atoms with Crippen LogP contribution in [0.25, 0.3) is 0 Å². The van der Waals surface area contributed by atoms with Crippen molar-refractivity contribution < 1.29 is 29.4 Å². The molecule has 0 aromatic carbocycles. The van der Waals surface area contributed by atoms with Crippen molar-refractivity contribution in [2.75, 3.05) is 19.6 Å². The van der Waals surface area contributed by atoms with Gasteiger partial charge in [-0.2, -0.15) is 0 Å². The summed E-state index contributed by atoms with van der Waals surface area (Å²) in [6, 6.07) is -3.06. The van der Waals surface area contributed by atoms with E-state index in [2.05, 4.69) is 15.6 Å². The molecule has 0 aromatic rings. The van der Waals surface area contributed by atoms with Gasteiger partial charge in [-0.25, -0.2) is 4.79 Å². The van der Waals surface area contributed by atoms with Crippen LogP contribution in [0.15, 0.2) is 4.99 Å². The highest BCUT2D eigenvalue weighted by Gasteiger charge is 2.36. The lowest BCUT2D eigenvalue weighted by Gasteiger charge is -2.26. The van der Waals surface area contributed by atoms with Gasteiger partial charge in [0.05, 0.1) is 18.7 Å². The van der Waals surface area contributed by atoms with E-state index in [4.69, 9.17) is 22.3 Å². The van der Waals surface area contributed by atoms with Gasteiger partial charge in [-0.05, 0) is 32.6 Å². The molecule has 10 N–H and O–H groups in total. The number of carboxylic acid groups (broad SMARTS) is 1. The van der Waals surface area contributed by atoms with Gasteiger partial charge in [0.1, 0.15) is 6.04 Å². The normalized spacial score (nSPS) is 18.8. The molecule has 1 rings (SSSR count). The van der Waals surface area contributed by atoms with Gasteiger partial charge in [0.15, 0.2) is 12.0 Å². The number of hydrogen-bond acceptors (Lipinski definition) is 7. The molecule has 1 saturated heterocycles. The van der Waals surface area contributed by atoms with Crippen molar-refractivity contribution in [1.82, 2.24) is 15.5 Å². The molecule has 30 heavy (non-hydrogen) atoms. The van der Waals surface area contributed by atoms with Crippen LogP contribution in [-0.2, 0) is 19.2 Å². The number of hydrogen-bond donors (Lipinski definition) is 7. The summed E-state index contributed by atoms with van der Waals surface area (Å²) in [4.78, 5) is 53.1. The second kappa shape index (κ2) is 11.9. The number of nitrogens with one attached hydrogen (secondary N) is 2. The highest BCUT2D eigenvalue weighted by atomic mass is 16.4. The number of likely N-dealkylation sites (tertiary alicyclic amines) is 1. The fourth-order valence-electron chi connectivity index (χ4n) is 3.06. The minimum absolute atomic E-state index is 0.0432. The number of carboxylic acids is 1. The minimum Gasteiger partial charge on any atom is -0.480 e. The van der Waals surface area contributed by atoms with Gasteiger partial charge >= 0.3 is 5.97 Å². The molecular formula is C17H31N7O6. The van der Waals surface area contributed by atoms with Gasteiger partial charge in [-0.1, -0.05) is 0 Å². The average molecular weight is 429 g/mol. The Hall–Kier alpha value is -2.93. The summed E-state index contributed by atoms with van der Waals surface area (Å²) < 4.78 is 0. The molecule has 0 aromatic heterocycles. The van der Waals surface area contributed by atoms with Crippen LogP contribution in [0.1, 0.15) is 32.6 Å². The Kier molecular flexibility index (Phi) is 9.98. The standard InChI is InChI=1S/C17H31N7O6/c1-9(25)13(16(29)30)23-12(26)8-22-14(27)11-5-3-7-24(11)15(28)10(18)4-2-6-21-17(19)20/h9-11,13,25H,2-8,18H2,1H3,(H,22,27)(H,23,26)(H,29,30)(H4,19,20,21). The highest BCUT2D eigenvalue weighted by molar-refractivity contribution is 5.93. The van der Waals surface area contributed by atoms with E-state index in [0.717, 1.165) is 0 Å². The van der Waals surface area contributed by atoms with Gasteiger partial charge in [-0.3, -0.25) is 19.4 Å². The second-order valence-electron chi connectivity index (χ2n) is 7.09. The van der Waals surface area contributed by atoms with E-state index >= 15 is 0 Å². The molecule has 13 nitrogen and oxygen atoms in total. The molecule has 0 spiro atoms. The zero-order chi connectivity index (χ0) is 22.8. The molecule has 3 amide bonds. The van der Waals surface area contributed by atoms with Gasteiger partial charge in [-0.15, -0.1) is 0 Å². The van der Waals surface area contributed by atoms with Gasteiger partial charge < -0.3 is 42.9 Å². The molecule has 1 aliphatic rings. The molecule has 0 bridgehead atoms. The second-order valence-corrected chi connectivity index (χ2v) is 7.09. The lowest BCUT2D eigenvalue weighted by molar-refractivity contribution is -0.144. The Morgan fingerprint density at radius 2 is 1.93 bits per heavy atom. The molecule has 4 atom stereocenters. The lowest BCUT2D eigenvalue weighted by Crippen LogP contribution is -2.54. The summed E-state index contributed by atoms with van der Waals surface area (Å²) in [5.41, 5.74) is 16.4. The van der Waals surface area contributed by atoms with Crippen molar-refractivity contribution in [2.24, 2.45) is 22.2 Å². The average Bonchev–Trinajstić information content (AvgIpc) is 3.15. The van der Waals surface area contributed by atoms with Crippen LogP contribution in [0.5, 0.6) is 0 Å². The number of aliphatic imine (C=N–C) groups is 1. The third kappa shape index (κ3) is 7.83. The molecule has 13 heteroatoms. The number of rotatable bonds is 11. The molecule has 0 radical (unpaired) electrons. The fraction of sp³-hybridized carbons (Fsp3) is 0.706. The number of carbonyl (C=O) groups is 4. The van der Waals surface area contributed by atoms with Crippen molar-refractivity contribution in [1.29, 1.82) is 0 Å². The van der Waals surface area contributed by atoms with E-state index in [9.17, 15) is 24.3 Å². The SMILES string of the molecule is CC(O)C(NC(=O)CNC(=O)C1CCCN1C(=O)C(N)CCCN=C(N)N)C(=O)O. The number of nitrogens with zero attached hydrogens (tertiary/aromatic N) is 2. The third-order valence-corrected chi connectivity index (χ3v) is 4.61. The fourth-order valence-corrected chi connectivity index (χ4v) is 3.06. The molecule has 1 heterocycles. The first-order valence-corrected chi connectivity index (χ1v) is 9.64. The van der Waals surface area contributed by atoms with E-state index in [1.807, 2.05) is 0 Å². The van der Waals surface area contributed by atoms with Gasteiger partial charge in [0.2, 0.25) is 17.7 Å². The molecular weight excluding hydrogens is 398 g/mol. The predicted octanol–water partition coefficient (Wildman–Crippen LogP) is -3.58. The van der Waals surface area contributed by atoms with E-state index in [1.165, 1.54) is 11.8 Å². The topological polar surface area (TPSA) is 226 Å². The van der Waals surface area contributed by atoms with Crippen LogP contribution in [0.2, 0.25) is 0 Å². The zero-order valence-electron chi connectivity index (χ0n) is 16.9. The van der Waals surface area contributed by atoms with Crippen LogP contribution in [0, 0.1) is 0 Å². The van der Waals surface area contributed by atoms with Crippen LogP contribution in [-0.4, -0.2) is 88.6 Å². The number of nitrogens with two attached hydrogens (primary N) is 3. The van der Waals surface area contributed by atoms with Crippen molar-refractivity contribution in [3.63, 3.8) is 0 Å². The smallest absolute Gasteiger partial charge is 0.328 e. The van der Waals surface area contributed by atoms with E-state index in [0.29, 0.717) is 38.8 Å². The number of amides is 3. The number of aliphatic carboxylic acids is 1. The molecule has 0 saturated carbocycles. The maximum absolute atomic E-state index is 12.6. The van der Waals surface area contributed by atoms with E-state index < -0.39 is 48.6 Å². The summed E-state index contributed by atoms with van der Waals surface area (Å²) in [6.45, 7) is 1.44. The monoisotopic (exact) mass is 429 g/mol. The summed E-state index contributed by atoms with van der Waals surface area (Å²) in [5, 5.41) is 22.8. The molecule has 1 fully saturated rings. The molecule has 0 aliphatic carbocycles. The molecule has 170 valence electrons. The van der Waals surface area contributed by atoms with E-state index in [-0.39, 0.29) is 11.9 Å². The summed E-state index contributed by atoms with van der Waals surface area (Å²) in [7, 11) is 0. The van der Waals surface area contributed by atoms with Gasteiger partial charge in [0, 0.05) is 13.1 Å². The third-order valence-electron chi connectivity index (χ3n) is 4.61. The number of carbonyl (C=O) groups excluding carboxylic acids is 3. The first-order valence-electron chi connectivity index (χ1n) is 9.64. The number of aliphatic hydroxyl groups excluding tert-OH is 1. The number of guanidine groups is 1. The first kappa shape index (κ1) is 25.1. The Morgan fingerprint density at radius 1 is 1.27 bits per heavy atom. The van der Waals surface area contributed by atoms with Gasteiger partial charge in [0.25, 0.3) is 0 Å². The van der Waals surface area contributed by atoms with Crippen molar-refractivity contribution in [3.05, 3.63) is 0 Å². The Balaban J connectivity index is 2.54. The van der Waals surface area contributed by atoms with Crippen LogP contribution >= 0.6 is 0 Å². The lowest BCUT2D eigenvalue weighted by atomic mass is 10.1. The zero-order valence-corrected chi connectivity index (χ0v) is 16.9. The predicted molar refractivity (Wildman–Crippen MR) is 107 cm³/mol. The Morgan fingerprint density at radius 3 is 2.50 bits per heavy atom. The summed E-state index contributed by atoms with van der Waals surface area (Å²) in [5.74, 6) is -3.12. The van der Waals surface area contributed by atoms with Crippen LogP contribution in [0.4, 0.5) is 0 Å². The Bertz CT molecular complexity index is 665. The maximum atomic E-state index is 12.6. The first-order chi connectivity index (χ1) is 14.0. The van der Waals surface area contributed by atoms with Crippen molar-refractivity contribution >= 4 is 29.7 Å². The Labute approximate surface area is 174 Å². The van der Waals surface area contributed by atoms with Crippen LogP contribution < -0.4 is 27.8 Å². The highest BCUT2D eigenvalue weighted by Crippen LogP contribution is 2.19. The summed E-state index contributed by atoms with van der Waals surface area (Å²) in [6.07, 6.45) is 0.576. The quantitative estimate of drug-likeness (QED) is 0.0977.